The zero-order valence-corrected chi connectivity index (χ0v) is 12.3. The van der Waals surface area contributed by atoms with Crippen LogP contribution in [0.1, 0.15) is 20.8 Å². The Bertz CT molecular complexity index is 504. The molecule has 0 radical (unpaired) electrons. The highest BCUT2D eigenvalue weighted by atomic mass is 16.5. The minimum Gasteiger partial charge on any atom is -0.495 e. The van der Waals surface area contributed by atoms with Gasteiger partial charge in [-0.2, -0.15) is 0 Å². The van der Waals surface area contributed by atoms with Gasteiger partial charge in [-0.15, -0.1) is 0 Å². The van der Waals surface area contributed by atoms with Gasteiger partial charge in [-0.25, -0.2) is 0 Å². The zero-order chi connectivity index (χ0) is 14.9. The first-order valence-corrected chi connectivity index (χ1v) is 6.84. The summed E-state index contributed by atoms with van der Waals surface area (Å²) < 4.78 is 10.8. The second-order valence-corrected chi connectivity index (χ2v) is 5.38. The lowest BCUT2D eigenvalue weighted by molar-refractivity contribution is -0.121. The van der Waals surface area contributed by atoms with Crippen LogP contribution in [-0.2, 0) is 9.53 Å². The van der Waals surface area contributed by atoms with Crippen molar-refractivity contribution in [2.24, 2.45) is 11.8 Å². The largest absolute Gasteiger partial charge is 0.495 e. The second kappa shape index (κ2) is 5.71. The van der Waals surface area contributed by atoms with Gasteiger partial charge in [-0.1, -0.05) is 6.92 Å². The van der Waals surface area contributed by atoms with Crippen molar-refractivity contribution >= 4 is 17.3 Å². The molecule has 0 aliphatic carbocycles. The summed E-state index contributed by atoms with van der Waals surface area (Å²) in [6.07, 6.45) is 0.0253. The van der Waals surface area contributed by atoms with Gasteiger partial charge >= 0.3 is 0 Å². The van der Waals surface area contributed by atoms with E-state index in [-0.39, 0.29) is 30.0 Å². The standard InChI is InChI=1S/C15H22N2O3/c1-8-9(2)20-10(3)14(8)15(18)17-11-5-6-13(19-4)12(16)7-11/h5-10,14H,16H2,1-4H3,(H,17,18). The Hall–Kier alpha value is -1.75. The monoisotopic (exact) mass is 278 g/mol. The summed E-state index contributed by atoms with van der Waals surface area (Å²) >= 11 is 0. The molecule has 110 valence electrons. The molecular weight excluding hydrogens is 256 g/mol. The number of nitrogens with one attached hydrogen (secondary N) is 1. The molecule has 2 rings (SSSR count). The van der Waals surface area contributed by atoms with Crippen molar-refractivity contribution in [3.63, 3.8) is 0 Å². The minimum absolute atomic E-state index is 0.0288. The van der Waals surface area contributed by atoms with Crippen LogP contribution >= 0.6 is 0 Å². The molecular formula is C15H22N2O3. The van der Waals surface area contributed by atoms with Crippen molar-refractivity contribution in [2.75, 3.05) is 18.2 Å². The molecule has 1 saturated heterocycles. The number of anilines is 2. The summed E-state index contributed by atoms with van der Waals surface area (Å²) in [5, 5.41) is 2.90. The van der Waals surface area contributed by atoms with Gasteiger partial charge in [0.15, 0.2) is 0 Å². The number of benzene rings is 1. The van der Waals surface area contributed by atoms with E-state index < -0.39 is 0 Å². The molecule has 1 fully saturated rings. The van der Waals surface area contributed by atoms with Gasteiger partial charge in [-0.3, -0.25) is 4.79 Å². The molecule has 4 atom stereocenters. The first-order chi connectivity index (χ1) is 9.43. The fraction of sp³-hybridized carbons (Fsp3) is 0.533. The van der Waals surface area contributed by atoms with Crippen molar-refractivity contribution in [1.82, 2.24) is 0 Å². The number of rotatable bonds is 3. The highest BCUT2D eigenvalue weighted by Crippen LogP contribution is 2.33. The SMILES string of the molecule is COc1ccc(NC(=O)C2C(C)OC(C)C2C)cc1N. The summed E-state index contributed by atoms with van der Waals surface area (Å²) in [5.41, 5.74) is 7.01. The van der Waals surface area contributed by atoms with E-state index in [4.69, 9.17) is 15.2 Å². The van der Waals surface area contributed by atoms with E-state index >= 15 is 0 Å². The predicted octanol–water partition coefficient (Wildman–Crippen LogP) is 2.28. The number of hydrogen-bond donors (Lipinski definition) is 2. The van der Waals surface area contributed by atoms with E-state index in [9.17, 15) is 4.79 Å². The van der Waals surface area contributed by atoms with E-state index in [0.717, 1.165) is 0 Å². The summed E-state index contributed by atoms with van der Waals surface area (Å²) in [4.78, 5) is 12.4. The van der Waals surface area contributed by atoms with Crippen molar-refractivity contribution in [3.8, 4) is 5.75 Å². The average Bonchev–Trinajstić information content (AvgIpc) is 2.63. The molecule has 1 aliphatic rings. The van der Waals surface area contributed by atoms with Crippen molar-refractivity contribution in [2.45, 2.75) is 33.0 Å². The smallest absolute Gasteiger partial charge is 0.230 e. The number of carbonyl (C=O) groups is 1. The molecule has 1 aromatic carbocycles. The Morgan fingerprint density at radius 2 is 2.00 bits per heavy atom. The zero-order valence-electron chi connectivity index (χ0n) is 12.3. The molecule has 1 amide bonds. The summed E-state index contributed by atoms with van der Waals surface area (Å²) in [7, 11) is 1.56. The number of amides is 1. The molecule has 5 heteroatoms. The molecule has 5 nitrogen and oxygen atoms in total. The van der Waals surface area contributed by atoms with Gasteiger partial charge in [0.1, 0.15) is 5.75 Å². The topological polar surface area (TPSA) is 73.6 Å². The Balaban J connectivity index is 2.10. The van der Waals surface area contributed by atoms with Gasteiger partial charge in [0.2, 0.25) is 5.91 Å². The van der Waals surface area contributed by atoms with Gasteiger partial charge in [-0.05, 0) is 38.0 Å². The number of ether oxygens (including phenoxy) is 2. The maximum atomic E-state index is 12.4. The lowest BCUT2D eigenvalue weighted by Crippen LogP contribution is -2.32. The van der Waals surface area contributed by atoms with Gasteiger partial charge < -0.3 is 20.5 Å². The van der Waals surface area contributed by atoms with Crippen LogP contribution in [0.5, 0.6) is 5.75 Å². The van der Waals surface area contributed by atoms with Crippen LogP contribution in [0.2, 0.25) is 0 Å². The number of nitrogens with two attached hydrogens (primary N) is 1. The van der Waals surface area contributed by atoms with Crippen LogP contribution in [0.15, 0.2) is 18.2 Å². The molecule has 1 heterocycles. The Morgan fingerprint density at radius 1 is 1.30 bits per heavy atom. The molecule has 0 saturated carbocycles. The highest BCUT2D eigenvalue weighted by molar-refractivity contribution is 5.94. The number of methoxy groups -OCH3 is 1. The maximum absolute atomic E-state index is 12.4. The lowest BCUT2D eigenvalue weighted by Gasteiger charge is -2.18. The van der Waals surface area contributed by atoms with Crippen LogP contribution in [0.3, 0.4) is 0 Å². The van der Waals surface area contributed by atoms with Gasteiger partial charge in [0.25, 0.3) is 0 Å². The normalized spacial score (nSPS) is 29.2. The van der Waals surface area contributed by atoms with E-state index in [2.05, 4.69) is 5.32 Å². The quantitative estimate of drug-likeness (QED) is 0.832. The van der Waals surface area contributed by atoms with E-state index in [1.54, 1.807) is 25.3 Å². The fourth-order valence-electron chi connectivity index (χ4n) is 2.76. The molecule has 20 heavy (non-hydrogen) atoms. The molecule has 3 N–H and O–H groups in total. The van der Waals surface area contributed by atoms with Crippen LogP contribution < -0.4 is 15.8 Å². The highest BCUT2D eigenvalue weighted by Gasteiger charge is 2.41. The van der Waals surface area contributed by atoms with E-state index in [1.165, 1.54) is 0 Å². The Kier molecular flexibility index (Phi) is 4.18. The molecule has 4 unspecified atom stereocenters. The lowest BCUT2D eigenvalue weighted by atomic mass is 9.89. The first-order valence-electron chi connectivity index (χ1n) is 6.84. The average molecular weight is 278 g/mol. The minimum atomic E-state index is -0.145. The number of hydrogen-bond acceptors (Lipinski definition) is 4. The van der Waals surface area contributed by atoms with E-state index in [1.807, 2.05) is 20.8 Å². The Morgan fingerprint density at radius 3 is 2.50 bits per heavy atom. The second-order valence-electron chi connectivity index (χ2n) is 5.38. The third kappa shape index (κ3) is 2.72. The van der Waals surface area contributed by atoms with Crippen LogP contribution in [0, 0.1) is 11.8 Å². The Labute approximate surface area is 119 Å². The van der Waals surface area contributed by atoms with Crippen molar-refractivity contribution in [3.05, 3.63) is 18.2 Å². The third-order valence-electron chi connectivity index (χ3n) is 4.04. The van der Waals surface area contributed by atoms with Crippen molar-refractivity contribution < 1.29 is 14.3 Å². The summed E-state index contributed by atoms with van der Waals surface area (Å²) in [6.45, 7) is 5.98. The van der Waals surface area contributed by atoms with Crippen LogP contribution in [0.4, 0.5) is 11.4 Å². The molecule has 1 aromatic rings. The van der Waals surface area contributed by atoms with Crippen LogP contribution in [0.25, 0.3) is 0 Å². The molecule has 1 aliphatic heterocycles. The number of nitrogen functional groups attached to an aromatic ring is 1. The van der Waals surface area contributed by atoms with Gasteiger partial charge in [0.05, 0.1) is 30.9 Å². The summed E-state index contributed by atoms with van der Waals surface area (Å²) in [5.74, 6) is 0.621. The molecule has 0 aromatic heterocycles. The molecule has 0 spiro atoms. The first kappa shape index (κ1) is 14.7. The fourth-order valence-corrected chi connectivity index (χ4v) is 2.76. The predicted molar refractivity (Wildman–Crippen MR) is 78.7 cm³/mol. The maximum Gasteiger partial charge on any atom is 0.230 e. The van der Waals surface area contributed by atoms with E-state index in [0.29, 0.717) is 17.1 Å². The van der Waals surface area contributed by atoms with Crippen LogP contribution in [-0.4, -0.2) is 25.2 Å². The summed E-state index contributed by atoms with van der Waals surface area (Å²) in [6, 6.07) is 5.22. The number of carbonyl (C=O) groups excluding carboxylic acids is 1. The molecule has 0 bridgehead atoms. The van der Waals surface area contributed by atoms with Crippen molar-refractivity contribution in [1.29, 1.82) is 0 Å². The third-order valence-corrected chi connectivity index (χ3v) is 4.04. The van der Waals surface area contributed by atoms with Gasteiger partial charge in [0, 0.05) is 5.69 Å².